The number of imidazole rings is 1. The van der Waals surface area contributed by atoms with Crippen LogP contribution in [0.15, 0.2) is 36.5 Å². The Balaban J connectivity index is 1.82. The molecule has 0 saturated heterocycles. The number of aromatic nitrogens is 2. The van der Waals surface area contributed by atoms with E-state index in [1.54, 1.807) is 6.20 Å². The van der Waals surface area contributed by atoms with Crippen LogP contribution in [0.1, 0.15) is 18.5 Å². The molecular formula is C14H15N3O2. The molecule has 0 atom stereocenters. The summed E-state index contributed by atoms with van der Waals surface area (Å²) in [5.41, 5.74) is 0.747. The summed E-state index contributed by atoms with van der Waals surface area (Å²) in [6, 6.07) is 9.72. The van der Waals surface area contributed by atoms with Crippen LogP contribution in [0.3, 0.4) is 0 Å². The van der Waals surface area contributed by atoms with Crippen molar-refractivity contribution in [1.82, 2.24) is 14.9 Å². The lowest BCUT2D eigenvalue weighted by Gasteiger charge is -2.08. The number of hydrogen-bond donors (Lipinski definition) is 1. The van der Waals surface area contributed by atoms with Crippen molar-refractivity contribution in [3.63, 3.8) is 0 Å². The molecule has 1 fully saturated rings. The zero-order valence-electron chi connectivity index (χ0n) is 10.7. The van der Waals surface area contributed by atoms with E-state index >= 15 is 0 Å². The molecule has 0 bridgehead atoms. The molecule has 1 N–H and O–H groups in total. The van der Waals surface area contributed by atoms with Crippen LogP contribution in [0, 0.1) is 6.92 Å². The fourth-order valence-corrected chi connectivity index (χ4v) is 1.76. The zero-order valence-corrected chi connectivity index (χ0v) is 10.7. The van der Waals surface area contributed by atoms with Crippen LogP contribution in [0.2, 0.25) is 0 Å². The van der Waals surface area contributed by atoms with E-state index in [-0.39, 0.29) is 6.03 Å². The molecule has 0 aliphatic heterocycles. The summed E-state index contributed by atoms with van der Waals surface area (Å²) in [6.07, 6.45) is 3.78. The minimum Gasteiger partial charge on any atom is -0.425 e. The molecule has 2 aromatic rings. The van der Waals surface area contributed by atoms with Gasteiger partial charge < -0.3 is 10.1 Å². The second-order valence-electron chi connectivity index (χ2n) is 4.67. The van der Waals surface area contributed by atoms with Crippen molar-refractivity contribution in [2.75, 3.05) is 0 Å². The number of nitrogens with one attached hydrogen (secondary N) is 1. The fourth-order valence-electron chi connectivity index (χ4n) is 1.76. The first-order chi connectivity index (χ1) is 9.22. The van der Waals surface area contributed by atoms with Crippen LogP contribution in [0.25, 0.3) is 0 Å². The maximum absolute atomic E-state index is 12.1. The summed E-state index contributed by atoms with van der Waals surface area (Å²) in [5.74, 6) is 0.661. The summed E-state index contributed by atoms with van der Waals surface area (Å²) < 4.78 is 7.06. The maximum Gasteiger partial charge on any atom is 0.329 e. The van der Waals surface area contributed by atoms with E-state index in [0.717, 1.165) is 18.5 Å². The van der Waals surface area contributed by atoms with E-state index in [1.165, 1.54) is 4.57 Å². The van der Waals surface area contributed by atoms with Gasteiger partial charge in [-0.3, -0.25) is 0 Å². The predicted molar refractivity (Wildman–Crippen MR) is 70.4 cm³/mol. The Kier molecular flexibility index (Phi) is 2.95. The van der Waals surface area contributed by atoms with Crippen LogP contribution in [-0.2, 0) is 0 Å². The lowest BCUT2D eigenvalue weighted by Crippen LogP contribution is -2.30. The summed E-state index contributed by atoms with van der Waals surface area (Å²) >= 11 is 0. The van der Waals surface area contributed by atoms with Gasteiger partial charge in [0.1, 0.15) is 5.75 Å². The van der Waals surface area contributed by atoms with E-state index in [9.17, 15) is 4.79 Å². The number of amides is 1. The Labute approximate surface area is 111 Å². The Morgan fingerprint density at radius 1 is 1.37 bits per heavy atom. The number of nitrogens with zero attached hydrogens (tertiary/aromatic N) is 2. The number of benzene rings is 1. The molecule has 1 amide bonds. The smallest absolute Gasteiger partial charge is 0.329 e. The van der Waals surface area contributed by atoms with Gasteiger partial charge in [0, 0.05) is 12.2 Å². The highest BCUT2D eigenvalue weighted by atomic mass is 16.5. The molecule has 3 rings (SSSR count). The number of carbonyl (C=O) groups is 1. The Morgan fingerprint density at radius 2 is 2.11 bits per heavy atom. The van der Waals surface area contributed by atoms with Gasteiger partial charge in [0.2, 0.25) is 0 Å². The highest BCUT2D eigenvalue weighted by Gasteiger charge is 2.25. The molecule has 1 saturated carbocycles. The minimum absolute atomic E-state index is 0.186. The van der Waals surface area contributed by atoms with Crippen LogP contribution < -0.4 is 10.1 Å². The summed E-state index contributed by atoms with van der Waals surface area (Å²) in [5, 5.41) is 2.91. The fraction of sp³-hybridized carbons (Fsp3) is 0.286. The summed E-state index contributed by atoms with van der Waals surface area (Å²) in [7, 11) is 0. The van der Waals surface area contributed by atoms with Gasteiger partial charge in [-0.1, -0.05) is 18.2 Å². The first-order valence-electron chi connectivity index (χ1n) is 6.32. The van der Waals surface area contributed by atoms with Gasteiger partial charge in [-0.2, -0.15) is 4.98 Å². The molecule has 1 aliphatic rings. The number of rotatable bonds is 3. The predicted octanol–water partition coefficient (Wildman–Crippen LogP) is 2.70. The van der Waals surface area contributed by atoms with E-state index in [0.29, 0.717) is 17.8 Å². The van der Waals surface area contributed by atoms with Gasteiger partial charge in [-0.25, -0.2) is 9.36 Å². The topological polar surface area (TPSA) is 56.2 Å². The Hall–Kier alpha value is -2.30. The van der Waals surface area contributed by atoms with Gasteiger partial charge in [0.15, 0.2) is 0 Å². The molecule has 0 spiro atoms. The molecule has 5 heteroatoms. The number of aryl methyl sites for hydroxylation is 1. The van der Waals surface area contributed by atoms with Crippen molar-refractivity contribution in [1.29, 1.82) is 0 Å². The van der Waals surface area contributed by atoms with Gasteiger partial charge in [-0.15, -0.1) is 0 Å². The second-order valence-corrected chi connectivity index (χ2v) is 4.67. The van der Waals surface area contributed by atoms with Crippen molar-refractivity contribution < 1.29 is 9.53 Å². The van der Waals surface area contributed by atoms with Crippen LogP contribution in [0.5, 0.6) is 11.8 Å². The lowest BCUT2D eigenvalue weighted by molar-refractivity contribution is 0.239. The molecule has 5 nitrogen and oxygen atoms in total. The van der Waals surface area contributed by atoms with Gasteiger partial charge >= 0.3 is 12.0 Å². The molecule has 1 aromatic carbocycles. The summed E-state index contributed by atoms with van der Waals surface area (Å²) in [6.45, 7) is 1.83. The molecule has 0 unspecified atom stereocenters. The van der Waals surface area contributed by atoms with Gasteiger partial charge in [0.05, 0.1) is 5.69 Å². The third-order valence-corrected chi connectivity index (χ3v) is 2.87. The van der Waals surface area contributed by atoms with Crippen molar-refractivity contribution in [2.45, 2.75) is 25.8 Å². The average molecular weight is 257 g/mol. The first kappa shape index (κ1) is 11.8. The van der Waals surface area contributed by atoms with Crippen molar-refractivity contribution in [3.8, 4) is 11.8 Å². The van der Waals surface area contributed by atoms with Crippen LogP contribution >= 0.6 is 0 Å². The molecule has 1 aliphatic carbocycles. The van der Waals surface area contributed by atoms with Crippen LogP contribution in [0.4, 0.5) is 4.79 Å². The third kappa shape index (κ3) is 2.76. The monoisotopic (exact) mass is 257 g/mol. The molecule has 19 heavy (non-hydrogen) atoms. The zero-order chi connectivity index (χ0) is 13.2. The number of hydrogen-bond acceptors (Lipinski definition) is 3. The SMILES string of the molecule is Cc1cn(C(=O)NC2CC2)c(Oc2ccccc2)n1. The highest BCUT2D eigenvalue weighted by molar-refractivity contribution is 5.78. The summed E-state index contributed by atoms with van der Waals surface area (Å²) in [4.78, 5) is 16.3. The molecule has 1 aromatic heterocycles. The highest BCUT2D eigenvalue weighted by Crippen LogP contribution is 2.22. The second kappa shape index (κ2) is 4.76. The quantitative estimate of drug-likeness (QED) is 0.919. The largest absolute Gasteiger partial charge is 0.425 e. The van der Waals surface area contributed by atoms with E-state index < -0.39 is 0 Å². The Morgan fingerprint density at radius 3 is 2.79 bits per heavy atom. The standard InChI is InChI=1S/C14H15N3O2/c1-10-9-17(13(18)16-11-7-8-11)14(15-10)19-12-5-3-2-4-6-12/h2-6,9,11H,7-8H2,1H3,(H,16,18). The maximum atomic E-state index is 12.1. The average Bonchev–Trinajstić information content (AvgIpc) is 3.13. The number of carbonyl (C=O) groups excluding carboxylic acids is 1. The lowest BCUT2D eigenvalue weighted by atomic mass is 10.3. The van der Waals surface area contributed by atoms with E-state index in [1.807, 2.05) is 37.3 Å². The molecular weight excluding hydrogens is 242 g/mol. The van der Waals surface area contributed by atoms with E-state index in [2.05, 4.69) is 10.3 Å². The Bertz CT molecular complexity index is 588. The minimum atomic E-state index is -0.186. The number of ether oxygens (including phenoxy) is 1. The van der Waals surface area contributed by atoms with Crippen LogP contribution in [-0.4, -0.2) is 21.6 Å². The van der Waals surface area contributed by atoms with E-state index in [4.69, 9.17) is 4.74 Å². The van der Waals surface area contributed by atoms with Crippen molar-refractivity contribution in [3.05, 3.63) is 42.2 Å². The molecule has 98 valence electrons. The first-order valence-corrected chi connectivity index (χ1v) is 6.32. The third-order valence-electron chi connectivity index (χ3n) is 2.87. The normalized spacial score (nSPS) is 14.2. The van der Waals surface area contributed by atoms with Crippen molar-refractivity contribution >= 4 is 6.03 Å². The van der Waals surface area contributed by atoms with Gasteiger partial charge in [0.25, 0.3) is 0 Å². The van der Waals surface area contributed by atoms with Crippen molar-refractivity contribution in [2.24, 2.45) is 0 Å². The molecule has 1 heterocycles. The molecule has 0 radical (unpaired) electrons. The number of para-hydroxylation sites is 1. The van der Waals surface area contributed by atoms with Gasteiger partial charge in [-0.05, 0) is 31.9 Å².